The zero-order valence-corrected chi connectivity index (χ0v) is 18.7. The first kappa shape index (κ1) is 22.2. The molecule has 3 atom stereocenters. The second-order valence-corrected chi connectivity index (χ2v) is 9.18. The molecule has 2 unspecified atom stereocenters. The van der Waals surface area contributed by atoms with Crippen LogP contribution in [0.2, 0.25) is 0 Å². The van der Waals surface area contributed by atoms with E-state index in [0.29, 0.717) is 11.3 Å². The maximum Gasteiger partial charge on any atom is 0.414 e. The van der Waals surface area contributed by atoms with Gasteiger partial charge in [0.2, 0.25) is 5.91 Å². The second kappa shape index (κ2) is 8.02. The van der Waals surface area contributed by atoms with Crippen LogP contribution in [0.15, 0.2) is 30.5 Å². The number of rotatable bonds is 5. The molecule has 10 heteroatoms. The number of amides is 2. The van der Waals surface area contributed by atoms with Crippen molar-refractivity contribution in [3.8, 4) is 17.2 Å². The number of pyridine rings is 1. The maximum atomic E-state index is 15.0. The molecule has 0 bridgehead atoms. The normalized spacial score (nSPS) is 27.8. The molecule has 1 aromatic carbocycles. The molecule has 34 heavy (non-hydrogen) atoms. The number of halogens is 2. The van der Waals surface area contributed by atoms with E-state index in [1.807, 2.05) is 7.05 Å². The lowest BCUT2D eigenvalue weighted by Crippen LogP contribution is -2.33. The lowest BCUT2D eigenvalue weighted by molar-refractivity contribution is -0.119. The van der Waals surface area contributed by atoms with E-state index in [2.05, 4.69) is 21.3 Å². The van der Waals surface area contributed by atoms with Gasteiger partial charge < -0.3 is 15.0 Å². The highest BCUT2D eigenvalue weighted by Crippen LogP contribution is 2.62. The number of cyclic esters (lactones) is 1. The molecular formula is C24H23F2N5O3. The van der Waals surface area contributed by atoms with E-state index in [1.54, 1.807) is 12.1 Å². The molecule has 1 N–H and O–H groups in total. The molecule has 2 aliphatic heterocycles. The van der Waals surface area contributed by atoms with Gasteiger partial charge in [0.25, 0.3) is 0 Å². The predicted molar refractivity (Wildman–Crippen MR) is 118 cm³/mol. The minimum absolute atomic E-state index is 0.00407. The van der Waals surface area contributed by atoms with Crippen molar-refractivity contribution in [1.82, 2.24) is 15.2 Å². The van der Waals surface area contributed by atoms with Crippen molar-refractivity contribution in [2.75, 3.05) is 38.1 Å². The average molecular weight is 467 g/mol. The number of aromatic nitrogens is 1. The third kappa shape index (κ3) is 3.47. The summed E-state index contributed by atoms with van der Waals surface area (Å²) in [5.74, 6) is -1.31. The van der Waals surface area contributed by atoms with E-state index >= 15 is 4.39 Å². The standard InChI is InChI=1S/C24H23F2N5O3/c1-13(32)28-8-15-9-31(23(33)34-15)21-6-19(25)16(5-20(21)26)14-3-4-22(29-7-14)24(12-27)17-10-30(2)11-18(17)24/h3-7,15,17-18H,8-11H2,1-2H3,(H,28,32)/t15-,17?,18?,24?/m0/s1. The summed E-state index contributed by atoms with van der Waals surface area (Å²) in [5.41, 5.74) is 0.186. The highest BCUT2D eigenvalue weighted by atomic mass is 19.1. The van der Waals surface area contributed by atoms with Crippen LogP contribution in [0.1, 0.15) is 12.6 Å². The fourth-order valence-corrected chi connectivity index (χ4v) is 5.27. The van der Waals surface area contributed by atoms with E-state index in [0.717, 1.165) is 30.1 Å². The number of nitrogens with one attached hydrogen (secondary N) is 1. The number of fused-ring (bicyclic) bond motifs is 1. The molecule has 0 radical (unpaired) electrons. The molecule has 2 amide bonds. The Morgan fingerprint density at radius 3 is 2.62 bits per heavy atom. The Balaban J connectivity index is 1.36. The Bertz CT molecular complexity index is 1200. The zero-order chi connectivity index (χ0) is 24.2. The first-order chi connectivity index (χ1) is 16.2. The summed E-state index contributed by atoms with van der Waals surface area (Å²) in [4.78, 5) is 30.9. The Morgan fingerprint density at radius 2 is 2.00 bits per heavy atom. The third-order valence-corrected chi connectivity index (χ3v) is 7.03. The van der Waals surface area contributed by atoms with Crippen LogP contribution in [0, 0.1) is 34.8 Å². The van der Waals surface area contributed by atoms with Gasteiger partial charge in [-0.2, -0.15) is 5.26 Å². The van der Waals surface area contributed by atoms with E-state index in [9.17, 15) is 19.2 Å². The van der Waals surface area contributed by atoms with Gasteiger partial charge in [-0.15, -0.1) is 0 Å². The molecule has 1 saturated carbocycles. The van der Waals surface area contributed by atoms with Crippen LogP contribution >= 0.6 is 0 Å². The molecule has 3 heterocycles. The molecule has 1 aliphatic carbocycles. The quantitative estimate of drug-likeness (QED) is 0.726. The van der Waals surface area contributed by atoms with Crippen LogP contribution in [0.4, 0.5) is 19.3 Å². The SMILES string of the molecule is CC(=O)NC[C@H]1CN(c2cc(F)c(-c3ccc(C4(C#N)C5CN(C)CC54)nc3)cc2F)C(=O)O1. The molecule has 3 aliphatic rings. The molecule has 2 saturated heterocycles. The molecule has 8 nitrogen and oxygen atoms in total. The summed E-state index contributed by atoms with van der Waals surface area (Å²) in [6.45, 7) is 3.08. The third-order valence-electron chi connectivity index (χ3n) is 7.03. The van der Waals surface area contributed by atoms with Gasteiger partial charge in [-0.05, 0) is 19.2 Å². The molecule has 176 valence electrons. The van der Waals surface area contributed by atoms with Crippen molar-refractivity contribution in [2.45, 2.75) is 18.4 Å². The van der Waals surface area contributed by atoms with Gasteiger partial charge in [0.1, 0.15) is 23.2 Å². The summed E-state index contributed by atoms with van der Waals surface area (Å²) in [5, 5.41) is 12.4. The lowest BCUT2D eigenvalue weighted by Gasteiger charge is -2.18. The summed E-state index contributed by atoms with van der Waals surface area (Å²) in [7, 11) is 2.02. The second-order valence-electron chi connectivity index (χ2n) is 9.18. The van der Waals surface area contributed by atoms with Crippen LogP contribution in [0.3, 0.4) is 0 Å². The fourth-order valence-electron chi connectivity index (χ4n) is 5.27. The Labute approximate surface area is 195 Å². The van der Waals surface area contributed by atoms with Crippen LogP contribution in [0.25, 0.3) is 11.1 Å². The highest BCUT2D eigenvalue weighted by Gasteiger charge is 2.70. The summed E-state index contributed by atoms with van der Waals surface area (Å²) in [6, 6.07) is 7.78. The largest absolute Gasteiger partial charge is 0.442 e. The number of anilines is 1. The van der Waals surface area contributed by atoms with E-state index in [1.165, 1.54) is 13.1 Å². The summed E-state index contributed by atoms with van der Waals surface area (Å²) < 4.78 is 35.1. The Hall–Kier alpha value is -3.58. The van der Waals surface area contributed by atoms with Crippen LogP contribution in [0.5, 0.6) is 0 Å². The van der Waals surface area contributed by atoms with Crippen molar-refractivity contribution in [2.24, 2.45) is 11.8 Å². The predicted octanol–water partition coefficient (Wildman–Crippen LogP) is 2.44. The number of benzene rings is 1. The van der Waals surface area contributed by atoms with Gasteiger partial charge in [0.15, 0.2) is 0 Å². The topological polar surface area (TPSA) is 98.6 Å². The number of carbonyl (C=O) groups is 2. The van der Waals surface area contributed by atoms with Gasteiger partial charge in [0.05, 0.1) is 30.5 Å². The van der Waals surface area contributed by atoms with Gasteiger partial charge >= 0.3 is 6.09 Å². The number of nitrogens with zero attached hydrogens (tertiary/aromatic N) is 4. The minimum atomic E-state index is -0.810. The number of hydrogen-bond acceptors (Lipinski definition) is 6. The minimum Gasteiger partial charge on any atom is -0.442 e. The Morgan fingerprint density at radius 1 is 1.26 bits per heavy atom. The van der Waals surface area contributed by atoms with Crippen molar-refractivity contribution in [1.29, 1.82) is 5.26 Å². The van der Waals surface area contributed by atoms with Gasteiger partial charge in [-0.25, -0.2) is 13.6 Å². The van der Waals surface area contributed by atoms with Gasteiger partial charge in [-0.1, -0.05) is 6.07 Å². The number of ether oxygens (including phenoxy) is 1. The molecule has 0 spiro atoms. The van der Waals surface area contributed by atoms with Crippen molar-refractivity contribution >= 4 is 17.7 Å². The fraction of sp³-hybridized carbons (Fsp3) is 0.417. The smallest absolute Gasteiger partial charge is 0.414 e. The van der Waals surface area contributed by atoms with Crippen molar-refractivity contribution < 1.29 is 23.1 Å². The maximum absolute atomic E-state index is 15.0. The first-order valence-corrected chi connectivity index (χ1v) is 11.0. The van der Waals surface area contributed by atoms with Gasteiger partial charge in [-0.3, -0.25) is 14.7 Å². The molecular weight excluding hydrogens is 444 g/mol. The number of hydrogen-bond donors (Lipinski definition) is 1. The van der Waals surface area contributed by atoms with E-state index in [-0.39, 0.29) is 42.1 Å². The van der Waals surface area contributed by atoms with Crippen molar-refractivity contribution in [3.63, 3.8) is 0 Å². The van der Waals surface area contributed by atoms with Crippen LogP contribution in [-0.2, 0) is 14.9 Å². The Kier molecular flexibility index (Phi) is 5.24. The lowest BCUT2D eigenvalue weighted by atomic mass is 9.95. The zero-order valence-electron chi connectivity index (χ0n) is 18.7. The van der Waals surface area contributed by atoms with Crippen LogP contribution in [-0.4, -0.2) is 61.2 Å². The van der Waals surface area contributed by atoms with E-state index in [4.69, 9.17) is 4.74 Å². The number of likely N-dealkylation sites (tertiary alicyclic amines) is 1. The number of nitriles is 1. The van der Waals surface area contributed by atoms with Gasteiger partial charge in [0, 0.05) is 55.2 Å². The molecule has 1 aromatic heterocycles. The molecule has 3 fully saturated rings. The molecule has 5 rings (SSSR count). The number of piperidine rings is 1. The van der Waals surface area contributed by atoms with Crippen molar-refractivity contribution in [3.05, 3.63) is 47.8 Å². The summed E-state index contributed by atoms with van der Waals surface area (Å²) >= 11 is 0. The monoisotopic (exact) mass is 467 g/mol. The van der Waals surface area contributed by atoms with E-state index < -0.39 is 29.2 Å². The highest BCUT2D eigenvalue weighted by molar-refractivity contribution is 5.90. The summed E-state index contributed by atoms with van der Waals surface area (Å²) in [6.07, 6.45) is -0.0172. The average Bonchev–Trinajstić information content (AvgIpc) is 3.07. The molecule has 2 aromatic rings. The number of carbonyl (C=O) groups excluding carboxylic acids is 2. The first-order valence-electron chi connectivity index (χ1n) is 11.0. The van der Waals surface area contributed by atoms with Crippen LogP contribution < -0.4 is 10.2 Å².